The van der Waals surface area contributed by atoms with Crippen LogP contribution in [0.15, 0.2) is 47.4 Å². The normalized spacial score (nSPS) is 11.2. The molecule has 2 rings (SSSR count). The second-order valence-electron chi connectivity index (χ2n) is 3.91. The van der Waals surface area contributed by atoms with Crippen molar-refractivity contribution in [1.82, 2.24) is 0 Å². The number of hydrogen-bond donors (Lipinski definition) is 0. The SMILES string of the molecule is N#Cc1ccc(-c2cc(Cl)cc(SC(F)(F)F)c2)cc1. The Bertz CT molecular complexity index is 660. The van der Waals surface area contributed by atoms with Crippen molar-refractivity contribution in [2.45, 2.75) is 10.4 Å². The highest BCUT2D eigenvalue weighted by atomic mass is 35.5. The molecule has 0 atom stereocenters. The van der Waals surface area contributed by atoms with Crippen molar-refractivity contribution in [3.8, 4) is 17.2 Å². The van der Waals surface area contributed by atoms with E-state index in [9.17, 15) is 13.2 Å². The topological polar surface area (TPSA) is 23.8 Å². The van der Waals surface area contributed by atoms with Gasteiger partial charge in [0.15, 0.2) is 0 Å². The number of hydrogen-bond acceptors (Lipinski definition) is 2. The first-order chi connectivity index (χ1) is 9.37. The molecule has 0 aliphatic carbocycles. The molecule has 2 aromatic rings. The standard InChI is InChI=1S/C14H7ClF3NS/c15-12-5-11(6-13(7-12)20-14(16,17)18)10-3-1-9(8-19)2-4-10/h1-7H. The zero-order chi connectivity index (χ0) is 14.8. The molecular weight excluding hydrogens is 307 g/mol. The van der Waals surface area contributed by atoms with E-state index in [4.69, 9.17) is 16.9 Å². The second-order valence-corrected chi connectivity index (χ2v) is 5.49. The molecule has 6 heteroatoms. The van der Waals surface area contributed by atoms with Gasteiger partial charge >= 0.3 is 5.51 Å². The third-order valence-corrected chi connectivity index (χ3v) is 3.37. The molecule has 0 fully saturated rings. The molecule has 0 aromatic heterocycles. The highest BCUT2D eigenvalue weighted by Crippen LogP contribution is 2.39. The largest absolute Gasteiger partial charge is 0.446 e. The van der Waals surface area contributed by atoms with Gasteiger partial charge in [-0.1, -0.05) is 23.7 Å². The zero-order valence-electron chi connectivity index (χ0n) is 9.91. The van der Waals surface area contributed by atoms with Gasteiger partial charge in [0, 0.05) is 9.92 Å². The first kappa shape index (κ1) is 14.8. The Hall–Kier alpha value is -1.64. The molecule has 0 unspecified atom stereocenters. The van der Waals surface area contributed by atoms with Crippen molar-refractivity contribution in [2.75, 3.05) is 0 Å². The van der Waals surface area contributed by atoms with Crippen molar-refractivity contribution >= 4 is 23.4 Å². The van der Waals surface area contributed by atoms with Crippen molar-refractivity contribution in [2.24, 2.45) is 0 Å². The van der Waals surface area contributed by atoms with Gasteiger partial charge in [-0.05, 0) is 53.2 Å². The van der Waals surface area contributed by atoms with Gasteiger partial charge in [-0.3, -0.25) is 0 Å². The Kier molecular flexibility index (Phi) is 4.26. The monoisotopic (exact) mass is 313 g/mol. The number of nitrogens with zero attached hydrogens (tertiary/aromatic N) is 1. The number of thioether (sulfide) groups is 1. The van der Waals surface area contributed by atoms with Gasteiger partial charge in [-0.15, -0.1) is 0 Å². The van der Waals surface area contributed by atoms with Crippen molar-refractivity contribution < 1.29 is 13.2 Å². The van der Waals surface area contributed by atoms with Gasteiger partial charge < -0.3 is 0 Å². The Morgan fingerprint density at radius 3 is 2.20 bits per heavy atom. The van der Waals surface area contributed by atoms with E-state index < -0.39 is 5.51 Å². The lowest BCUT2D eigenvalue weighted by Gasteiger charge is -2.09. The van der Waals surface area contributed by atoms with Crippen LogP contribution in [-0.2, 0) is 0 Å². The molecule has 0 heterocycles. The molecule has 0 bridgehead atoms. The molecule has 0 amide bonds. The quantitative estimate of drug-likeness (QED) is 0.684. The third kappa shape index (κ3) is 3.92. The Morgan fingerprint density at radius 2 is 1.65 bits per heavy atom. The lowest BCUT2D eigenvalue weighted by atomic mass is 10.0. The summed E-state index contributed by atoms with van der Waals surface area (Å²) >= 11 is 5.65. The van der Waals surface area contributed by atoms with Gasteiger partial charge in [0.1, 0.15) is 0 Å². The van der Waals surface area contributed by atoms with Crippen LogP contribution in [0.1, 0.15) is 5.56 Å². The van der Waals surface area contributed by atoms with Crippen LogP contribution in [0.3, 0.4) is 0 Å². The molecule has 0 N–H and O–H groups in total. The lowest BCUT2D eigenvalue weighted by molar-refractivity contribution is -0.0328. The highest BCUT2D eigenvalue weighted by molar-refractivity contribution is 8.00. The first-order valence-electron chi connectivity index (χ1n) is 5.44. The van der Waals surface area contributed by atoms with Gasteiger partial charge in [0.25, 0.3) is 0 Å². The van der Waals surface area contributed by atoms with Gasteiger partial charge in [-0.25, -0.2) is 0 Å². The van der Waals surface area contributed by atoms with Gasteiger partial charge in [0.2, 0.25) is 0 Å². The Labute approximate surface area is 123 Å². The predicted octanol–water partition coefficient (Wildman–Crippen LogP) is 5.49. The van der Waals surface area contributed by atoms with Gasteiger partial charge in [0.05, 0.1) is 11.6 Å². The van der Waals surface area contributed by atoms with E-state index in [-0.39, 0.29) is 21.7 Å². The van der Waals surface area contributed by atoms with E-state index in [1.54, 1.807) is 30.3 Å². The molecule has 102 valence electrons. The number of benzene rings is 2. The fourth-order valence-corrected chi connectivity index (χ4v) is 2.60. The minimum absolute atomic E-state index is 0.0318. The maximum absolute atomic E-state index is 12.4. The highest BCUT2D eigenvalue weighted by Gasteiger charge is 2.29. The number of nitriles is 1. The minimum atomic E-state index is -4.35. The summed E-state index contributed by atoms with van der Waals surface area (Å²) in [6.45, 7) is 0. The number of alkyl halides is 3. The van der Waals surface area contributed by atoms with Crippen LogP contribution in [0, 0.1) is 11.3 Å². The summed E-state index contributed by atoms with van der Waals surface area (Å²) in [6, 6.07) is 12.8. The molecule has 0 saturated carbocycles. The molecule has 20 heavy (non-hydrogen) atoms. The van der Waals surface area contributed by atoms with Crippen LogP contribution >= 0.6 is 23.4 Å². The lowest BCUT2D eigenvalue weighted by Crippen LogP contribution is -1.99. The molecular formula is C14H7ClF3NS. The molecule has 0 radical (unpaired) electrons. The van der Waals surface area contributed by atoms with Crippen LogP contribution in [0.2, 0.25) is 5.02 Å². The van der Waals surface area contributed by atoms with Crippen molar-refractivity contribution in [3.63, 3.8) is 0 Å². The van der Waals surface area contributed by atoms with Crippen LogP contribution in [0.5, 0.6) is 0 Å². The summed E-state index contributed by atoms with van der Waals surface area (Å²) in [7, 11) is 0. The molecule has 1 nitrogen and oxygen atoms in total. The average molecular weight is 314 g/mol. The summed E-state index contributed by atoms with van der Waals surface area (Å²) < 4.78 is 37.2. The molecule has 0 aliphatic heterocycles. The summed E-state index contributed by atoms with van der Waals surface area (Å²) in [5.74, 6) is 0. The first-order valence-corrected chi connectivity index (χ1v) is 6.64. The fourth-order valence-electron chi connectivity index (χ4n) is 1.66. The van der Waals surface area contributed by atoms with Crippen LogP contribution in [0.4, 0.5) is 13.2 Å². The van der Waals surface area contributed by atoms with E-state index in [1.165, 1.54) is 12.1 Å². The summed E-state index contributed by atoms with van der Waals surface area (Å²) in [4.78, 5) is 0.0318. The van der Waals surface area contributed by atoms with Crippen LogP contribution in [0.25, 0.3) is 11.1 Å². The van der Waals surface area contributed by atoms with E-state index in [2.05, 4.69) is 0 Å². The molecule has 0 saturated heterocycles. The predicted molar refractivity (Wildman–Crippen MR) is 73.5 cm³/mol. The summed E-state index contributed by atoms with van der Waals surface area (Å²) in [6.07, 6.45) is 0. The van der Waals surface area contributed by atoms with E-state index >= 15 is 0 Å². The van der Waals surface area contributed by atoms with E-state index in [0.717, 1.165) is 0 Å². The number of rotatable bonds is 2. The second kappa shape index (κ2) is 5.78. The maximum atomic E-state index is 12.4. The van der Waals surface area contributed by atoms with E-state index in [0.29, 0.717) is 16.7 Å². The van der Waals surface area contributed by atoms with Crippen molar-refractivity contribution in [1.29, 1.82) is 5.26 Å². The van der Waals surface area contributed by atoms with Crippen LogP contribution in [-0.4, -0.2) is 5.51 Å². The van der Waals surface area contributed by atoms with E-state index in [1.807, 2.05) is 6.07 Å². The van der Waals surface area contributed by atoms with Crippen molar-refractivity contribution in [3.05, 3.63) is 53.1 Å². The van der Waals surface area contributed by atoms with Crippen LogP contribution < -0.4 is 0 Å². The van der Waals surface area contributed by atoms with Gasteiger partial charge in [-0.2, -0.15) is 18.4 Å². The molecule has 0 spiro atoms. The maximum Gasteiger partial charge on any atom is 0.446 e. The number of halogens is 4. The summed E-state index contributed by atoms with van der Waals surface area (Å²) in [5.41, 5.74) is -2.59. The fraction of sp³-hybridized carbons (Fsp3) is 0.0714. The molecule has 2 aromatic carbocycles. The zero-order valence-corrected chi connectivity index (χ0v) is 11.5. The smallest absolute Gasteiger partial charge is 0.192 e. The Balaban J connectivity index is 2.38. The third-order valence-electron chi connectivity index (χ3n) is 2.45. The minimum Gasteiger partial charge on any atom is -0.192 e. The Morgan fingerprint density at radius 1 is 1.00 bits per heavy atom. The summed E-state index contributed by atoms with van der Waals surface area (Å²) in [5, 5.41) is 8.95. The molecule has 0 aliphatic rings. The average Bonchev–Trinajstić information content (AvgIpc) is 2.36.